The number of carbonyl (C=O) groups excluding carboxylic acids is 1. The molecule has 0 radical (unpaired) electrons. The first-order chi connectivity index (χ1) is 13.6. The van der Waals surface area contributed by atoms with Crippen molar-refractivity contribution in [3.8, 4) is 11.3 Å². The molecule has 0 spiro atoms. The molecule has 2 heterocycles. The van der Waals surface area contributed by atoms with Crippen LogP contribution in [0.4, 0.5) is 0 Å². The Kier molecular flexibility index (Phi) is 6.95. The minimum Gasteiger partial charge on any atom is -0.441 e. The molecule has 1 aromatic carbocycles. The van der Waals surface area contributed by atoms with Gasteiger partial charge in [-0.2, -0.15) is 0 Å². The average Bonchev–Trinajstić information content (AvgIpc) is 3.16. The van der Waals surface area contributed by atoms with E-state index in [0.29, 0.717) is 31.2 Å². The van der Waals surface area contributed by atoms with E-state index in [1.807, 2.05) is 18.3 Å². The van der Waals surface area contributed by atoms with Crippen LogP contribution in [0.5, 0.6) is 0 Å². The minimum absolute atomic E-state index is 0.00155. The molecule has 28 heavy (non-hydrogen) atoms. The van der Waals surface area contributed by atoms with Crippen LogP contribution in [0.1, 0.15) is 37.3 Å². The van der Waals surface area contributed by atoms with Gasteiger partial charge in [0.25, 0.3) is 0 Å². The van der Waals surface area contributed by atoms with Gasteiger partial charge in [0.1, 0.15) is 0 Å². The Labute approximate surface area is 166 Å². The summed E-state index contributed by atoms with van der Waals surface area (Å²) in [6, 6.07) is 12.3. The van der Waals surface area contributed by atoms with Crippen LogP contribution in [0.3, 0.4) is 0 Å². The summed E-state index contributed by atoms with van der Waals surface area (Å²) in [5.74, 6) is 1.96. The second-order valence-electron chi connectivity index (χ2n) is 7.37. The number of benzene rings is 1. The third-order valence-electron chi connectivity index (χ3n) is 4.46. The zero-order valence-electron chi connectivity index (χ0n) is 16.5. The number of nitrogens with zero attached hydrogens (tertiary/aromatic N) is 2. The molecule has 0 aliphatic carbocycles. The zero-order valence-corrected chi connectivity index (χ0v) is 16.5. The van der Waals surface area contributed by atoms with Crippen molar-refractivity contribution in [3.05, 3.63) is 72.0 Å². The van der Waals surface area contributed by atoms with Crippen LogP contribution in [-0.2, 0) is 24.1 Å². The fourth-order valence-electron chi connectivity index (χ4n) is 3.04. The maximum Gasteiger partial charge on any atom is 0.220 e. The molecule has 5 heteroatoms. The van der Waals surface area contributed by atoms with E-state index in [-0.39, 0.29) is 5.91 Å². The van der Waals surface area contributed by atoms with Gasteiger partial charge in [-0.25, -0.2) is 4.98 Å². The first kappa shape index (κ1) is 19.8. The molecule has 146 valence electrons. The average molecular weight is 377 g/mol. The summed E-state index contributed by atoms with van der Waals surface area (Å²) in [5.41, 5.74) is 3.44. The Morgan fingerprint density at radius 1 is 1.07 bits per heavy atom. The van der Waals surface area contributed by atoms with Gasteiger partial charge >= 0.3 is 0 Å². The van der Waals surface area contributed by atoms with E-state index in [1.165, 1.54) is 5.56 Å². The van der Waals surface area contributed by atoms with Crippen molar-refractivity contribution < 1.29 is 9.21 Å². The summed E-state index contributed by atoms with van der Waals surface area (Å²) in [6.45, 7) is 5.03. The van der Waals surface area contributed by atoms with Crippen molar-refractivity contribution in [2.45, 2.75) is 39.5 Å². The molecule has 0 atom stereocenters. The molecule has 3 rings (SSSR count). The van der Waals surface area contributed by atoms with Crippen molar-refractivity contribution in [1.29, 1.82) is 0 Å². The topological polar surface area (TPSA) is 68.0 Å². The molecule has 1 N–H and O–H groups in total. The lowest BCUT2D eigenvalue weighted by Gasteiger charge is -2.05. The summed E-state index contributed by atoms with van der Waals surface area (Å²) in [6.07, 6.45) is 7.98. The lowest BCUT2D eigenvalue weighted by Crippen LogP contribution is -2.25. The molecule has 0 saturated heterocycles. The number of rotatable bonds is 9. The van der Waals surface area contributed by atoms with Crippen molar-refractivity contribution >= 4 is 5.91 Å². The van der Waals surface area contributed by atoms with Crippen LogP contribution < -0.4 is 5.32 Å². The minimum atomic E-state index is 0.00155. The lowest BCUT2D eigenvalue weighted by atomic mass is 10.0. The number of hydrogen-bond donors (Lipinski definition) is 1. The molecule has 0 aliphatic heterocycles. The molecular weight excluding hydrogens is 350 g/mol. The number of pyridine rings is 1. The number of nitrogens with one attached hydrogen (secondary N) is 1. The van der Waals surface area contributed by atoms with Crippen LogP contribution in [0.15, 0.2) is 59.4 Å². The lowest BCUT2D eigenvalue weighted by molar-refractivity contribution is -0.121. The van der Waals surface area contributed by atoms with Crippen LogP contribution in [0, 0.1) is 5.92 Å². The molecule has 5 nitrogen and oxygen atoms in total. The smallest absolute Gasteiger partial charge is 0.220 e. The van der Waals surface area contributed by atoms with E-state index < -0.39 is 0 Å². The first-order valence-electron chi connectivity index (χ1n) is 9.80. The Balaban J connectivity index is 1.44. The molecule has 0 saturated carbocycles. The summed E-state index contributed by atoms with van der Waals surface area (Å²) >= 11 is 0. The normalized spacial score (nSPS) is 11.0. The van der Waals surface area contributed by atoms with Gasteiger partial charge in [0.15, 0.2) is 11.7 Å². The van der Waals surface area contributed by atoms with Crippen molar-refractivity contribution in [2.24, 2.45) is 5.92 Å². The monoisotopic (exact) mass is 377 g/mol. The van der Waals surface area contributed by atoms with Gasteiger partial charge < -0.3 is 9.73 Å². The largest absolute Gasteiger partial charge is 0.441 e. The number of aryl methyl sites for hydroxylation is 1. The molecule has 1 amide bonds. The molecule has 0 unspecified atom stereocenters. The number of carbonyl (C=O) groups is 1. The number of hydrogen-bond acceptors (Lipinski definition) is 4. The Bertz CT molecular complexity index is 870. The molecule has 0 bridgehead atoms. The second-order valence-corrected chi connectivity index (χ2v) is 7.37. The number of oxazole rings is 1. The quantitative estimate of drug-likeness (QED) is 0.606. The number of aromatic nitrogens is 2. The van der Waals surface area contributed by atoms with E-state index in [4.69, 9.17) is 4.42 Å². The Morgan fingerprint density at radius 2 is 1.89 bits per heavy atom. The van der Waals surface area contributed by atoms with Crippen LogP contribution in [0.2, 0.25) is 0 Å². The Morgan fingerprint density at radius 3 is 2.61 bits per heavy atom. The predicted octanol–water partition coefficient (Wildman–Crippen LogP) is 4.23. The van der Waals surface area contributed by atoms with Gasteiger partial charge in [-0.3, -0.25) is 9.78 Å². The molecule has 3 aromatic rings. The second kappa shape index (κ2) is 9.83. The van der Waals surface area contributed by atoms with E-state index in [9.17, 15) is 4.79 Å². The maximum atomic E-state index is 12.0. The highest BCUT2D eigenvalue weighted by Crippen LogP contribution is 2.22. The SMILES string of the molecule is CC(C)Cc1ccc(-c2cnc(CCC(=O)NCCc3cccnc3)o2)cc1. The van der Waals surface area contributed by atoms with Crippen molar-refractivity contribution in [2.75, 3.05) is 6.54 Å². The van der Waals surface area contributed by atoms with Gasteiger partial charge in [0.2, 0.25) is 5.91 Å². The van der Waals surface area contributed by atoms with E-state index >= 15 is 0 Å². The maximum absolute atomic E-state index is 12.0. The Hall–Kier alpha value is -2.95. The van der Waals surface area contributed by atoms with Gasteiger partial charge in [-0.15, -0.1) is 0 Å². The number of amides is 1. The summed E-state index contributed by atoms with van der Waals surface area (Å²) < 4.78 is 5.82. The zero-order chi connectivity index (χ0) is 19.8. The first-order valence-corrected chi connectivity index (χ1v) is 9.80. The molecular formula is C23H27N3O2. The van der Waals surface area contributed by atoms with E-state index in [1.54, 1.807) is 12.4 Å². The highest BCUT2D eigenvalue weighted by Gasteiger charge is 2.09. The molecule has 0 aliphatic rings. The highest BCUT2D eigenvalue weighted by molar-refractivity contribution is 5.76. The summed E-state index contributed by atoms with van der Waals surface area (Å²) in [4.78, 5) is 20.4. The van der Waals surface area contributed by atoms with Crippen molar-refractivity contribution in [1.82, 2.24) is 15.3 Å². The van der Waals surface area contributed by atoms with Crippen LogP contribution >= 0.6 is 0 Å². The van der Waals surface area contributed by atoms with E-state index in [0.717, 1.165) is 29.7 Å². The van der Waals surface area contributed by atoms with E-state index in [2.05, 4.69) is 53.4 Å². The summed E-state index contributed by atoms with van der Waals surface area (Å²) in [7, 11) is 0. The fraction of sp³-hybridized carbons (Fsp3) is 0.348. The molecule has 2 aromatic heterocycles. The fourth-order valence-corrected chi connectivity index (χ4v) is 3.04. The van der Waals surface area contributed by atoms with Crippen LogP contribution in [-0.4, -0.2) is 22.4 Å². The van der Waals surface area contributed by atoms with Gasteiger partial charge in [0, 0.05) is 37.3 Å². The van der Waals surface area contributed by atoms with Gasteiger partial charge in [-0.1, -0.05) is 44.2 Å². The summed E-state index contributed by atoms with van der Waals surface area (Å²) in [5, 5.41) is 2.93. The molecule has 0 fully saturated rings. The predicted molar refractivity (Wildman–Crippen MR) is 110 cm³/mol. The third kappa shape index (κ3) is 6.05. The third-order valence-corrected chi connectivity index (χ3v) is 4.46. The van der Waals surface area contributed by atoms with Gasteiger partial charge in [0.05, 0.1) is 6.20 Å². The van der Waals surface area contributed by atoms with Gasteiger partial charge in [-0.05, 0) is 36.0 Å². The highest BCUT2D eigenvalue weighted by atomic mass is 16.4. The van der Waals surface area contributed by atoms with Crippen molar-refractivity contribution in [3.63, 3.8) is 0 Å². The standard InChI is InChI=1S/C23H27N3O2/c1-17(2)14-18-5-7-20(8-6-18)21-16-26-23(28-21)10-9-22(27)25-13-11-19-4-3-12-24-15-19/h3-8,12,15-17H,9-11,13-14H2,1-2H3,(H,25,27). The van der Waals surface area contributed by atoms with Crippen LogP contribution in [0.25, 0.3) is 11.3 Å².